The van der Waals surface area contributed by atoms with E-state index >= 15 is 0 Å². The highest BCUT2D eigenvalue weighted by Gasteiger charge is 2.30. The lowest BCUT2D eigenvalue weighted by atomic mass is 9.92. The summed E-state index contributed by atoms with van der Waals surface area (Å²) in [6, 6.07) is 4.98. The summed E-state index contributed by atoms with van der Waals surface area (Å²) < 4.78 is 0. The van der Waals surface area contributed by atoms with E-state index in [0.717, 1.165) is 62.6 Å². The van der Waals surface area contributed by atoms with Crippen molar-refractivity contribution in [1.29, 1.82) is 0 Å². The SMILES string of the molecule is CC(=O)N1CCCC(c2[nH]c3cccnc3c2CN2CCN(C3CCCC3)CC2)C1. The highest BCUT2D eigenvalue weighted by molar-refractivity contribution is 5.80. The Balaban J connectivity index is 1.34. The highest BCUT2D eigenvalue weighted by atomic mass is 16.2. The van der Waals surface area contributed by atoms with Crippen molar-refractivity contribution in [3.8, 4) is 0 Å². The molecular formula is C24H35N5O. The average molecular weight is 410 g/mol. The molecule has 3 aliphatic rings. The molecule has 5 rings (SSSR count). The van der Waals surface area contributed by atoms with Gasteiger partial charge in [-0.3, -0.25) is 19.6 Å². The molecule has 3 fully saturated rings. The summed E-state index contributed by atoms with van der Waals surface area (Å²) >= 11 is 0. The normalized spacial score (nSPS) is 24.7. The summed E-state index contributed by atoms with van der Waals surface area (Å²) in [6.45, 7) is 9.03. The minimum absolute atomic E-state index is 0.193. The number of carbonyl (C=O) groups excluding carboxylic acids is 1. The van der Waals surface area contributed by atoms with Gasteiger partial charge in [-0.2, -0.15) is 0 Å². The Morgan fingerprint density at radius 3 is 2.67 bits per heavy atom. The zero-order chi connectivity index (χ0) is 20.5. The van der Waals surface area contributed by atoms with Crippen LogP contribution in [0.1, 0.15) is 62.6 Å². The van der Waals surface area contributed by atoms with E-state index in [4.69, 9.17) is 4.98 Å². The second-order valence-electron chi connectivity index (χ2n) is 9.47. The van der Waals surface area contributed by atoms with Crippen molar-refractivity contribution in [2.24, 2.45) is 0 Å². The molecular weight excluding hydrogens is 374 g/mol. The fourth-order valence-electron chi connectivity index (χ4n) is 5.88. The molecule has 2 aromatic rings. The van der Waals surface area contributed by atoms with E-state index in [-0.39, 0.29) is 5.91 Å². The quantitative estimate of drug-likeness (QED) is 0.841. The van der Waals surface area contributed by atoms with E-state index in [1.54, 1.807) is 6.92 Å². The minimum atomic E-state index is 0.193. The van der Waals surface area contributed by atoms with Gasteiger partial charge in [-0.25, -0.2) is 0 Å². The number of nitrogens with zero attached hydrogens (tertiary/aromatic N) is 4. The van der Waals surface area contributed by atoms with Gasteiger partial charge in [0, 0.05) is 82.2 Å². The summed E-state index contributed by atoms with van der Waals surface area (Å²) in [5.41, 5.74) is 4.92. The molecule has 0 bridgehead atoms. The number of piperidine rings is 1. The van der Waals surface area contributed by atoms with Crippen LogP contribution in [0.4, 0.5) is 0 Å². The molecule has 0 aromatic carbocycles. The third-order valence-electron chi connectivity index (χ3n) is 7.59. The Bertz CT molecular complexity index is 879. The topological polar surface area (TPSA) is 55.5 Å². The number of piperazine rings is 1. The number of aromatic amines is 1. The van der Waals surface area contributed by atoms with E-state index < -0.39 is 0 Å². The number of hydrogen-bond donors (Lipinski definition) is 1. The molecule has 2 aliphatic heterocycles. The van der Waals surface area contributed by atoms with Crippen molar-refractivity contribution in [1.82, 2.24) is 24.7 Å². The van der Waals surface area contributed by atoms with Crippen LogP contribution in [0, 0.1) is 0 Å². The summed E-state index contributed by atoms with van der Waals surface area (Å²) in [6.07, 6.45) is 9.73. The number of rotatable bonds is 4. The zero-order valence-corrected chi connectivity index (χ0v) is 18.3. The van der Waals surface area contributed by atoms with Crippen LogP contribution in [0.3, 0.4) is 0 Å². The van der Waals surface area contributed by atoms with Crippen LogP contribution in [0.15, 0.2) is 18.3 Å². The van der Waals surface area contributed by atoms with Crippen LogP contribution in [0.2, 0.25) is 0 Å². The Labute approximate surface area is 179 Å². The van der Waals surface area contributed by atoms with Gasteiger partial charge >= 0.3 is 0 Å². The van der Waals surface area contributed by atoms with E-state index in [2.05, 4.69) is 20.9 Å². The predicted octanol–water partition coefficient (Wildman–Crippen LogP) is 3.35. The molecule has 1 aliphatic carbocycles. The number of aromatic nitrogens is 2. The summed E-state index contributed by atoms with van der Waals surface area (Å²) in [4.78, 5) is 27.8. The minimum Gasteiger partial charge on any atom is -0.357 e. The van der Waals surface area contributed by atoms with Crippen molar-refractivity contribution < 1.29 is 4.79 Å². The van der Waals surface area contributed by atoms with Gasteiger partial charge in [-0.05, 0) is 37.8 Å². The second kappa shape index (κ2) is 8.67. The molecule has 0 spiro atoms. The van der Waals surface area contributed by atoms with Crippen molar-refractivity contribution in [3.05, 3.63) is 29.6 Å². The van der Waals surface area contributed by atoms with Gasteiger partial charge in [-0.1, -0.05) is 12.8 Å². The molecule has 162 valence electrons. The predicted molar refractivity (Wildman–Crippen MR) is 119 cm³/mol. The fraction of sp³-hybridized carbons (Fsp3) is 0.667. The van der Waals surface area contributed by atoms with Crippen molar-refractivity contribution >= 4 is 16.9 Å². The van der Waals surface area contributed by atoms with E-state index in [1.165, 1.54) is 50.0 Å². The van der Waals surface area contributed by atoms with Gasteiger partial charge in [-0.15, -0.1) is 0 Å². The van der Waals surface area contributed by atoms with E-state index in [1.807, 2.05) is 17.2 Å². The molecule has 6 heteroatoms. The largest absolute Gasteiger partial charge is 0.357 e. The first-order valence-corrected chi connectivity index (χ1v) is 11.9. The smallest absolute Gasteiger partial charge is 0.219 e. The van der Waals surface area contributed by atoms with Crippen molar-refractivity contribution in [2.45, 2.75) is 64.0 Å². The molecule has 0 radical (unpaired) electrons. The molecule has 1 saturated carbocycles. The van der Waals surface area contributed by atoms with Crippen LogP contribution >= 0.6 is 0 Å². The van der Waals surface area contributed by atoms with Gasteiger partial charge in [0.1, 0.15) is 0 Å². The molecule has 2 saturated heterocycles. The average Bonchev–Trinajstić information content (AvgIpc) is 3.43. The van der Waals surface area contributed by atoms with Crippen LogP contribution in [-0.4, -0.2) is 75.9 Å². The van der Waals surface area contributed by atoms with Crippen LogP contribution in [0.25, 0.3) is 11.0 Å². The highest BCUT2D eigenvalue weighted by Crippen LogP contribution is 2.33. The first-order valence-electron chi connectivity index (χ1n) is 11.9. The third kappa shape index (κ3) is 4.00. The number of nitrogens with one attached hydrogen (secondary N) is 1. The number of carbonyl (C=O) groups is 1. The van der Waals surface area contributed by atoms with E-state index in [0.29, 0.717) is 5.92 Å². The monoisotopic (exact) mass is 409 g/mol. The van der Waals surface area contributed by atoms with Crippen molar-refractivity contribution in [2.75, 3.05) is 39.3 Å². The van der Waals surface area contributed by atoms with Gasteiger partial charge < -0.3 is 9.88 Å². The van der Waals surface area contributed by atoms with E-state index in [9.17, 15) is 4.79 Å². The van der Waals surface area contributed by atoms with Crippen LogP contribution in [0.5, 0.6) is 0 Å². The molecule has 2 aromatic heterocycles. The number of amides is 1. The van der Waals surface area contributed by atoms with Gasteiger partial charge in [0.05, 0.1) is 11.0 Å². The number of likely N-dealkylation sites (tertiary alicyclic amines) is 1. The second-order valence-corrected chi connectivity index (χ2v) is 9.47. The molecule has 6 nitrogen and oxygen atoms in total. The Morgan fingerprint density at radius 2 is 1.90 bits per heavy atom. The first-order chi connectivity index (χ1) is 14.7. The van der Waals surface area contributed by atoms with Crippen molar-refractivity contribution in [3.63, 3.8) is 0 Å². The zero-order valence-electron chi connectivity index (χ0n) is 18.3. The number of pyridine rings is 1. The van der Waals surface area contributed by atoms with Gasteiger partial charge in [0.2, 0.25) is 5.91 Å². The Morgan fingerprint density at radius 1 is 1.10 bits per heavy atom. The summed E-state index contributed by atoms with van der Waals surface area (Å²) in [5, 5.41) is 0. The molecule has 1 unspecified atom stereocenters. The molecule has 30 heavy (non-hydrogen) atoms. The number of H-pyrrole nitrogens is 1. The maximum atomic E-state index is 12.0. The summed E-state index contributed by atoms with van der Waals surface area (Å²) in [7, 11) is 0. The molecule has 1 atom stereocenters. The molecule has 1 N–H and O–H groups in total. The van der Waals surface area contributed by atoms with Crippen LogP contribution in [-0.2, 0) is 11.3 Å². The standard InChI is InChI=1S/C24H35N5O/c1-18(30)29-11-5-6-19(16-29)23-21(24-22(26-23)9-4-10-25-24)17-27-12-14-28(15-13-27)20-7-2-3-8-20/h4,9-10,19-20,26H,2-3,5-8,11-17H2,1H3. The maximum Gasteiger partial charge on any atom is 0.219 e. The lowest BCUT2D eigenvalue weighted by Crippen LogP contribution is -2.49. The van der Waals surface area contributed by atoms with Gasteiger partial charge in [0.25, 0.3) is 0 Å². The third-order valence-corrected chi connectivity index (χ3v) is 7.59. The maximum absolute atomic E-state index is 12.0. The Hall–Kier alpha value is -1.92. The molecule has 4 heterocycles. The number of hydrogen-bond acceptors (Lipinski definition) is 4. The lowest BCUT2D eigenvalue weighted by Gasteiger charge is -2.38. The fourth-order valence-corrected chi connectivity index (χ4v) is 5.88. The first kappa shape index (κ1) is 20.0. The molecule has 1 amide bonds. The summed E-state index contributed by atoms with van der Waals surface area (Å²) in [5.74, 6) is 0.574. The van der Waals surface area contributed by atoms with Gasteiger partial charge in [0.15, 0.2) is 0 Å². The lowest BCUT2D eigenvalue weighted by molar-refractivity contribution is -0.130. The Kier molecular flexibility index (Phi) is 5.79. The van der Waals surface area contributed by atoms with Crippen LogP contribution < -0.4 is 0 Å². The number of fused-ring (bicyclic) bond motifs is 1.